The molecule has 1 aromatic rings. The van der Waals surface area contributed by atoms with Crippen molar-refractivity contribution in [1.82, 2.24) is 0 Å². The quantitative estimate of drug-likeness (QED) is 0.865. The molecule has 3 nitrogen and oxygen atoms in total. The van der Waals surface area contributed by atoms with Crippen LogP contribution < -0.4 is 4.74 Å². The van der Waals surface area contributed by atoms with Gasteiger partial charge in [-0.25, -0.2) is 0 Å². The fourth-order valence-electron chi connectivity index (χ4n) is 1.52. The Morgan fingerprint density at radius 3 is 2.60 bits per heavy atom. The molecule has 0 aliphatic rings. The van der Waals surface area contributed by atoms with Gasteiger partial charge in [-0.1, -0.05) is 11.6 Å². The van der Waals surface area contributed by atoms with E-state index < -0.39 is 11.9 Å². The van der Waals surface area contributed by atoms with Crippen molar-refractivity contribution in [3.63, 3.8) is 0 Å². The van der Waals surface area contributed by atoms with Crippen molar-refractivity contribution >= 4 is 17.6 Å². The predicted octanol–water partition coefficient (Wildman–Crippen LogP) is 2.85. The lowest BCUT2D eigenvalue weighted by Crippen LogP contribution is -2.10. The molecule has 1 N–H and O–H groups in total. The molecule has 1 aromatic carbocycles. The first kappa shape index (κ1) is 11.9. The summed E-state index contributed by atoms with van der Waals surface area (Å²) in [4.78, 5) is 10.9. The Bertz CT molecular complexity index is 388. The smallest absolute Gasteiger partial charge is 0.310 e. The van der Waals surface area contributed by atoms with E-state index in [9.17, 15) is 4.79 Å². The van der Waals surface area contributed by atoms with E-state index in [2.05, 4.69) is 0 Å². The molecular formula is C11H13ClO3. The van der Waals surface area contributed by atoms with Gasteiger partial charge in [0.2, 0.25) is 0 Å². The molecule has 1 rings (SSSR count). The van der Waals surface area contributed by atoms with Gasteiger partial charge in [0.25, 0.3) is 0 Å². The van der Waals surface area contributed by atoms with Crippen LogP contribution >= 0.6 is 11.6 Å². The first-order valence-electron chi connectivity index (χ1n) is 4.54. The van der Waals surface area contributed by atoms with Crippen molar-refractivity contribution in [3.8, 4) is 5.75 Å². The number of methoxy groups -OCH3 is 1. The highest BCUT2D eigenvalue weighted by Gasteiger charge is 2.21. The normalized spacial score (nSPS) is 12.3. The van der Waals surface area contributed by atoms with E-state index in [1.165, 1.54) is 7.11 Å². The fourth-order valence-corrected chi connectivity index (χ4v) is 1.68. The average Bonchev–Trinajstić information content (AvgIpc) is 2.20. The van der Waals surface area contributed by atoms with Gasteiger partial charge in [0, 0.05) is 10.6 Å². The number of ether oxygens (including phenoxy) is 1. The van der Waals surface area contributed by atoms with Crippen LogP contribution in [0, 0.1) is 6.92 Å². The first-order valence-corrected chi connectivity index (χ1v) is 4.92. The monoisotopic (exact) mass is 228 g/mol. The molecule has 0 bridgehead atoms. The number of halogens is 1. The van der Waals surface area contributed by atoms with Gasteiger partial charge in [-0.05, 0) is 31.5 Å². The topological polar surface area (TPSA) is 46.5 Å². The van der Waals surface area contributed by atoms with Crippen molar-refractivity contribution in [3.05, 3.63) is 28.3 Å². The molecule has 0 saturated carbocycles. The van der Waals surface area contributed by atoms with Gasteiger partial charge in [0.1, 0.15) is 5.75 Å². The molecule has 0 aliphatic heterocycles. The number of rotatable bonds is 3. The van der Waals surface area contributed by atoms with Crippen molar-refractivity contribution in [2.24, 2.45) is 0 Å². The number of carboxylic acids is 1. The Morgan fingerprint density at radius 1 is 1.53 bits per heavy atom. The molecule has 1 unspecified atom stereocenters. The Kier molecular flexibility index (Phi) is 3.58. The van der Waals surface area contributed by atoms with Gasteiger partial charge < -0.3 is 9.84 Å². The summed E-state index contributed by atoms with van der Waals surface area (Å²) in [6, 6.07) is 3.39. The molecule has 0 radical (unpaired) electrons. The second-order valence-corrected chi connectivity index (χ2v) is 3.76. The second kappa shape index (κ2) is 4.53. The summed E-state index contributed by atoms with van der Waals surface area (Å²) >= 11 is 5.94. The summed E-state index contributed by atoms with van der Waals surface area (Å²) in [5.41, 5.74) is 1.39. The van der Waals surface area contributed by atoms with E-state index in [-0.39, 0.29) is 0 Å². The number of hydrogen-bond donors (Lipinski definition) is 1. The third-order valence-electron chi connectivity index (χ3n) is 2.43. The molecule has 0 amide bonds. The molecule has 0 aliphatic carbocycles. The molecule has 1 atom stereocenters. The summed E-state index contributed by atoms with van der Waals surface area (Å²) < 4.78 is 5.13. The zero-order valence-electron chi connectivity index (χ0n) is 8.87. The van der Waals surface area contributed by atoms with Crippen LogP contribution in [-0.4, -0.2) is 18.2 Å². The number of hydrogen-bond acceptors (Lipinski definition) is 2. The van der Waals surface area contributed by atoms with Crippen molar-refractivity contribution in [1.29, 1.82) is 0 Å². The predicted molar refractivity (Wildman–Crippen MR) is 58.8 cm³/mol. The van der Waals surface area contributed by atoms with Crippen LogP contribution in [0.1, 0.15) is 24.0 Å². The molecule has 0 fully saturated rings. The summed E-state index contributed by atoms with van der Waals surface area (Å²) in [7, 11) is 1.51. The van der Waals surface area contributed by atoms with Gasteiger partial charge in [-0.3, -0.25) is 4.79 Å². The first-order chi connectivity index (χ1) is 6.99. The third kappa shape index (κ3) is 2.23. The van der Waals surface area contributed by atoms with Crippen molar-refractivity contribution < 1.29 is 14.6 Å². The Labute approximate surface area is 93.6 Å². The van der Waals surface area contributed by atoms with Gasteiger partial charge in [-0.2, -0.15) is 0 Å². The molecule has 82 valence electrons. The standard InChI is InChI=1S/C11H13ClO3/c1-6-8(12)4-5-9(15-3)10(6)7(2)11(13)14/h4-5,7H,1-3H3,(H,13,14). The van der Waals surface area contributed by atoms with Crippen LogP contribution in [0.2, 0.25) is 5.02 Å². The lowest BCUT2D eigenvalue weighted by Gasteiger charge is -2.15. The molecule has 0 spiro atoms. The summed E-state index contributed by atoms with van der Waals surface area (Å²) in [6.45, 7) is 3.41. The minimum absolute atomic E-state index is 0.555. The number of carboxylic acid groups (broad SMARTS) is 1. The minimum atomic E-state index is -0.890. The van der Waals surface area contributed by atoms with E-state index in [0.29, 0.717) is 16.3 Å². The maximum absolute atomic E-state index is 10.9. The summed E-state index contributed by atoms with van der Waals surface area (Å²) in [5, 5.41) is 9.53. The number of benzene rings is 1. The lowest BCUT2D eigenvalue weighted by atomic mass is 9.95. The minimum Gasteiger partial charge on any atom is -0.496 e. The highest BCUT2D eigenvalue weighted by atomic mass is 35.5. The van der Waals surface area contributed by atoms with E-state index >= 15 is 0 Å². The Morgan fingerprint density at radius 2 is 2.13 bits per heavy atom. The molecule has 4 heteroatoms. The van der Waals surface area contributed by atoms with Crippen LogP contribution in [0.25, 0.3) is 0 Å². The van der Waals surface area contributed by atoms with Gasteiger partial charge in [0.15, 0.2) is 0 Å². The second-order valence-electron chi connectivity index (χ2n) is 3.35. The highest BCUT2D eigenvalue weighted by Crippen LogP contribution is 2.33. The van der Waals surface area contributed by atoms with E-state index in [1.54, 1.807) is 26.0 Å². The van der Waals surface area contributed by atoms with Crippen LogP contribution in [0.15, 0.2) is 12.1 Å². The van der Waals surface area contributed by atoms with Crippen LogP contribution in [0.4, 0.5) is 0 Å². The molecule has 15 heavy (non-hydrogen) atoms. The maximum atomic E-state index is 10.9. The number of aliphatic carboxylic acids is 1. The summed E-state index contributed by atoms with van der Waals surface area (Å²) in [5.74, 6) is -0.955. The number of carbonyl (C=O) groups is 1. The maximum Gasteiger partial charge on any atom is 0.310 e. The molecule has 0 saturated heterocycles. The Hall–Kier alpha value is -1.22. The summed E-state index contributed by atoms with van der Waals surface area (Å²) in [6.07, 6.45) is 0. The molecular weight excluding hydrogens is 216 g/mol. The van der Waals surface area contributed by atoms with Crippen molar-refractivity contribution in [2.75, 3.05) is 7.11 Å². The van der Waals surface area contributed by atoms with Gasteiger partial charge in [0.05, 0.1) is 13.0 Å². The fraction of sp³-hybridized carbons (Fsp3) is 0.364. The van der Waals surface area contributed by atoms with Crippen LogP contribution in [0.5, 0.6) is 5.75 Å². The zero-order chi connectivity index (χ0) is 11.6. The molecule has 0 aromatic heterocycles. The molecule has 0 heterocycles. The van der Waals surface area contributed by atoms with Crippen LogP contribution in [-0.2, 0) is 4.79 Å². The zero-order valence-corrected chi connectivity index (χ0v) is 9.63. The Balaban J connectivity index is 3.35. The van der Waals surface area contributed by atoms with Crippen molar-refractivity contribution in [2.45, 2.75) is 19.8 Å². The lowest BCUT2D eigenvalue weighted by molar-refractivity contribution is -0.138. The average molecular weight is 229 g/mol. The highest BCUT2D eigenvalue weighted by molar-refractivity contribution is 6.31. The largest absolute Gasteiger partial charge is 0.496 e. The van der Waals surface area contributed by atoms with E-state index in [4.69, 9.17) is 21.4 Å². The van der Waals surface area contributed by atoms with Crippen LogP contribution in [0.3, 0.4) is 0 Å². The van der Waals surface area contributed by atoms with Gasteiger partial charge in [-0.15, -0.1) is 0 Å². The van der Waals surface area contributed by atoms with E-state index in [0.717, 1.165) is 5.56 Å². The van der Waals surface area contributed by atoms with E-state index in [1.807, 2.05) is 0 Å². The third-order valence-corrected chi connectivity index (χ3v) is 2.84. The SMILES string of the molecule is COc1ccc(Cl)c(C)c1C(C)C(=O)O. The van der Waals surface area contributed by atoms with Gasteiger partial charge >= 0.3 is 5.97 Å².